The molecule has 0 unspecified atom stereocenters. The quantitative estimate of drug-likeness (QED) is 0.241. The maximum atomic E-state index is 13.2. The van der Waals surface area contributed by atoms with Crippen LogP contribution in [0.25, 0.3) is 0 Å². The van der Waals surface area contributed by atoms with Gasteiger partial charge in [-0.05, 0) is 63.3 Å². The highest BCUT2D eigenvalue weighted by Gasteiger charge is 2.30. The van der Waals surface area contributed by atoms with E-state index in [0.717, 1.165) is 12.8 Å². The van der Waals surface area contributed by atoms with Crippen molar-refractivity contribution >= 4 is 21.4 Å². The van der Waals surface area contributed by atoms with E-state index >= 15 is 0 Å². The van der Waals surface area contributed by atoms with Crippen molar-refractivity contribution in [2.24, 2.45) is 15.6 Å². The number of hydrogen-bond donors (Lipinski definition) is 3. The summed E-state index contributed by atoms with van der Waals surface area (Å²) in [6.45, 7) is 11.7. The van der Waals surface area contributed by atoms with Gasteiger partial charge in [0.1, 0.15) is 11.6 Å². The molecule has 2 rings (SSSR count). The lowest BCUT2D eigenvalue weighted by molar-refractivity contribution is 0.0961. The van der Waals surface area contributed by atoms with Crippen molar-refractivity contribution in [3.05, 3.63) is 45.7 Å². The molecular weight excluding hydrogens is 522 g/mol. The van der Waals surface area contributed by atoms with Crippen molar-refractivity contribution in [3.8, 4) is 11.9 Å². The summed E-state index contributed by atoms with van der Waals surface area (Å²) in [6, 6.07) is 7.55. The number of nitriles is 1. The molecule has 0 radical (unpaired) electrons. The van der Waals surface area contributed by atoms with Crippen LogP contribution in [0.5, 0.6) is 5.88 Å². The van der Waals surface area contributed by atoms with Gasteiger partial charge in [0.25, 0.3) is 5.56 Å². The summed E-state index contributed by atoms with van der Waals surface area (Å²) in [5.74, 6) is -0.382. The summed E-state index contributed by atoms with van der Waals surface area (Å²) in [7, 11) is -3.78. The van der Waals surface area contributed by atoms with Gasteiger partial charge >= 0.3 is 0 Å². The van der Waals surface area contributed by atoms with Crippen LogP contribution in [0.1, 0.15) is 65.0 Å². The molecule has 3 N–H and O–H groups in total. The number of nitrogens with one attached hydrogen (secondary N) is 1. The maximum Gasteiger partial charge on any atom is 0.272 e. The van der Waals surface area contributed by atoms with Crippen molar-refractivity contribution in [2.45, 2.75) is 71.2 Å². The third kappa shape index (κ3) is 8.69. The van der Waals surface area contributed by atoms with Crippen LogP contribution in [0, 0.1) is 23.7 Å². The first-order valence-electron chi connectivity index (χ1n) is 12.7. The molecule has 39 heavy (non-hydrogen) atoms. The van der Waals surface area contributed by atoms with E-state index in [1.807, 2.05) is 19.9 Å². The van der Waals surface area contributed by atoms with Gasteiger partial charge in [-0.25, -0.2) is 13.1 Å². The molecule has 0 aliphatic carbocycles. The van der Waals surface area contributed by atoms with Gasteiger partial charge in [0.05, 0.1) is 30.4 Å². The van der Waals surface area contributed by atoms with Crippen molar-refractivity contribution in [2.75, 3.05) is 26.4 Å². The molecule has 1 aromatic carbocycles. The van der Waals surface area contributed by atoms with Crippen LogP contribution in [0.4, 0.5) is 11.4 Å². The second-order valence-corrected chi connectivity index (χ2v) is 12.8. The third-order valence-corrected chi connectivity index (χ3v) is 7.67. The highest BCUT2D eigenvalue weighted by atomic mass is 32.2. The maximum absolute atomic E-state index is 13.2. The molecule has 11 nitrogen and oxygen atoms in total. The van der Waals surface area contributed by atoms with Crippen molar-refractivity contribution in [1.82, 2.24) is 9.29 Å². The Bertz CT molecular complexity index is 1370. The number of hydrogen-bond acceptors (Lipinski definition) is 9. The van der Waals surface area contributed by atoms with Crippen LogP contribution < -0.4 is 10.3 Å². The number of aromatic nitrogens is 1. The fourth-order valence-electron chi connectivity index (χ4n) is 4.03. The topological polar surface area (TPSA) is 166 Å². The molecule has 0 amide bonds. The molecule has 214 valence electrons. The SMILES string of the molecule is Cc1c(/N=N/c2ccc(S(=O)(=O)NCCOCCO)cc2)c(O)n(C(C)(C)CCCC(C)(C)C)c(=O)c1C#N. The Labute approximate surface area is 230 Å². The monoisotopic (exact) mass is 561 g/mol. The van der Waals surface area contributed by atoms with Gasteiger partial charge < -0.3 is 14.9 Å². The molecule has 1 aromatic heterocycles. The van der Waals surface area contributed by atoms with E-state index in [9.17, 15) is 23.6 Å². The first-order valence-corrected chi connectivity index (χ1v) is 14.2. The number of rotatable bonds is 13. The lowest BCUT2D eigenvalue weighted by Crippen LogP contribution is -2.38. The fourth-order valence-corrected chi connectivity index (χ4v) is 5.05. The second kappa shape index (κ2) is 13.3. The van der Waals surface area contributed by atoms with Gasteiger partial charge in [-0.15, -0.1) is 5.11 Å². The smallest absolute Gasteiger partial charge is 0.272 e. The molecule has 0 bridgehead atoms. The number of benzene rings is 1. The number of aliphatic hydroxyl groups is 1. The molecule has 12 heteroatoms. The van der Waals surface area contributed by atoms with Crippen LogP contribution >= 0.6 is 0 Å². The predicted molar refractivity (Wildman–Crippen MR) is 148 cm³/mol. The minimum Gasteiger partial charge on any atom is -0.493 e. The lowest BCUT2D eigenvalue weighted by atomic mass is 9.86. The van der Waals surface area contributed by atoms with E-state index in [2.05, 4.69) is 35.7 Å². The van der Waals surface area contributed by atoms with Gasteiger partial charge in [-0.1, -0.05) is 27.2 Å². The first-order chi connectivity index (χ1) is 18.1. The van der Waals surface area contributed by atoms with E-state index in [1.165, 1.54) is 35.8 Å². The first kappa shape index (κ1) is 32.1. The van der Waals surface area contributed by atoms with Gasteiger partial charge in [-0.3, -0.25) is 9.36 Å². The lowest BCUT2D eigenvalue weighted by Gasteiger charge is -2.31. The summed E-state index contributed by atoms with van der Waals surface area (Å²) in [6.07, 6.45) is 2.34. The molecule has 0 atom stereocenters. The molecule has 0 aliphatic rings. The number of pyridine rings is 1. The highest BCUT2D eigenvalue weighted by Crippen LogP contribution is 2.37. The summed E-state index contributed by atoms with van der Waals surface area (Å²) in [4.78, 5) is 13.2. The number of aromatic hydroxyl groups is 1. The largest absolute Gasteiger partial charge is 0.493 e. The molecular formula is C27H39N5O6S. The van der Waals surface area contributed by atoms with E-state index < -0.39 is 21.1 Å². The highest BCUT2D eigenvalue weighted by molar-refractivity contribution is 7.89. The Morgan fingerprint density at radius 3 is 2.28 bits per heavy atom. The van der Waals surface area contributed by atoms with Crippen molar-refractivity contribution in [3.63, 3.8) is 0 Å². The average Bonchev–Trinajstić information content (AvgIpc) is 2.83. The van der Waals surface area contributed by atoms with Crippen LogP contribution in [-0.4, -0.2) is 49.6 Å². The second-order valence-electron chi connectivity index (χ2n) is 11.1. The predicted octanol–water partition coefficient (Wildman–Crippen LogP) is 4.39. The Hall–Kier alpha value is -3.11. The Morgan fingerprint density at radius 1 is 1.08 bits per heavy atom. The van der Waals surface area contributed by atoms with Gasteiger partial charge in [0.2, 0.25) is 15.9 Å². The van der Waals surface area contributed by atoms with Crippen LogP contribution in [0.15, 0.2) is 44.2 Å². The summed E-state index contributed by atoms with van der Waals surface area (Å²) < 4.78 is 33.5. The third-order valence-electron chi connectivity index (χ3n) is 6.19. The van der Waals surface area contributed by atoms with Crippen LogP contribution in [0.3, 0.4) is 0 Å². The van der Waals surface area contributed by atoms with Crippen molar-refractivity contribution in [1.29, 1.82) is 5.26 Å². The molecule has 2 aromatic rings. The zero-order valence-corrected chi connectivity index (χ0v) is 24.3. The average molecular weight is 562 g/mol. The number of sulfonamides is 1. The zero-order chi connectivity index (χ0) is 29.4. The number of nitrogens with zero attached hydrogens (tertiary/aromatic N) is 4. The Balaban J connectivity index is 2.34. The summed E-state index contributed by atoms with van der Waals surface area (Å²) in [5.41, 5.74) is -0.875. The standard InChI is InChI=1S/C27H39N5O6S/c1-19-22(18-28)24(34)32(27(5,6)13-7-12-26(2,3)4)25(35)23(19)31-30-20-8-10-21(11-9-20)39(36,37)29-14-16-38-17-15-33/h8-11,29,33,35H,7,12-17H2,1-6H3/b31-30+. The van der Waals surface area contributed by atoms with Crippen LogP contribution in [-0.2, 0) is 20.3 Å². The van der Waals surface area contributed by atoms with Gasteiger partial charge in [0, 0.05) is 17.6 Å². The number of ether oxygens (including phenoxy) is 1. The van der Waals surface area contributed by atoms with E-state index in [-0.39, 0.29) is 59.4 Å². The Morgan fingerprint density at radius 2 is 1.72 bits per heavy atom. The fraction of sp³-hybridized carbons (Fsp3) is 0.556. The molecule has 0 saturated carbocycles. The van der Waals surface area contributed by atoms with Gasteiger partial charge in [0.15, 0.2) is 5.69 Å². The number of aliphatic hydroxyl groups excluding tert-OH is 1. The summed E-state index contributed by atoms with van der Waals surface area (Å²) >= 11 is 0. The summed E-state index contributed by atoms with van der Waals surface area (Å²) in [5, 5.41) is 37.8. The van der Waals surface area contributed by atoms with Crippen molar-refractivity contribution < 1.29 is 23.4 Å². The molecule has 0 spiro atoms. The molecule has 0 fully saturated rings. The van der Waals surface area contributed by atoms with E-state index in [4.69, 9.17) is 9.84 Å². The molecule has 0 saturated heterocycles. The normalized spacial score (nSPS) is 12.7. The minimum atomic E-state index is -3.78. The minimum absolute atomic E-state index is 0.00343. The zero-order valence-electron chi connectivity index (χ0n) is 23.5. The number of azo groups is 1. The van der Waals surface area contributed by atoms with Crippen LogP contribution in [0.2, 0.25) is 0 Å². The molecule has 0 aliphatic heterocycles. The van der Waals surface area contributed by atoms with E-state index in [1.54, 1.807) is 0 Å². The van der Waals surface area contributed by atoms with Gasteiger partial charge in [-0.2, -0.15) is 10.4 Å². The Kier molecular flexibility index (Phi) is 10.9. The molecule has 1 heterocycles. The van der Waals surface area contributed by atoms with E-state index in [0.29, 0.717) is 12.1 Å².